The zero-order valence-corrected chi connectivity index (χ0v) is 6.46. The van der Waals surface area contributed by atoms with E-state index in [2.05, 4.69) is 18.4 Å². The van der Waals surface area contributed by atoms with Crippen LogP contribution in [0.25, 0.3) is 0 Å². The fourth-order valence-electron chi connectivity index (χ4n) is 0.243. The van der Waals surface area contributed by atoms with Gasteiger partial charge in [-0.25, -0.2) is 0 Å². The second kappa shape index (κ2) is 4.98. The Morgan fingerprint density at radius 3 is 2.38 bits per heavy atom. The molecule has 0 radical (unpaired) electrons. The van der Waals surface area contributed by atoms with E-state index >= 15 is 0 Å². The van der Waals surface area contributed by atoms with Gasteiger partial charge in [-0.2, -0.15) is 0 Å². The molecule has 0 aromatic heterocycles. The van der Waals surface area contributed by atoms with Crippen LogP contribution in [0.3, 0.4) is 0 Å². The quantitative estimate of drug-likeness (QED) is 0.550. The van der Waals surface area contributed by atoms with Crippen molar-refractivity contribution in [2.75, 3.05) is 0 Å². The zero-order chi connectivity index (χ0) is 6.41. The van der Waals surface area contributed by atoms with Gasteiger partial charge in [-0.3, -0.25) is 0 Å². The van der Waals surface area contributed by atoms with Gasteiger partial charge in [0.15, 0.2) is 0 Å². The highest BCUT2D eigenvalue weighted by Gasteiger charge is 1.78. The second-order valence-electron chi connectivity index (χ2n) is 1.49. The minimum Gasteiger partial charge on any atom is -0.104 e. The highest BCUT2D eigenvalue weighted by atomic mass is 32.2. The Hall–Kier alpha value is -0.170. The molecular formula is C7H12S. The van der Waals surface area contributed by atoms with Crippen molar-refractivity contribution >= 4 is 11.8 Å². The third-order valence-electron chi connectivity index (χ3n) is 0.797. The van der Waals surface area contributed by atoms with Crippen molar-refractivity contribution in [1.29, 1.82) is 0 Å². The molecule has 0 fully saturated rings. The number of thioether (sulfide) groups is 1. The molecule has 0 atom stereocenters. The van der Waals surface area contributed by atoms with Gasteiger partial charge in [-0.15, -0.1) is 11.8 Å². The van der Waals surface area contributed by atoms with Crippen molar-refractivity contribution in [1.82, 2.24) is 0 Å². The molecule has 0 aromatic rings. The van der Waals surface area contributed by atoms with Crippen molar-refractivity contribution in [3.8, 4) is 0 Å². The van der Waals surface area contributed by atoms with Crippen LogP contribution in [-0.2, 0) is 0 Å². The van der Waals surface area contributed by atoms with Crippen molar-refractivity contribution in [2.45, 2.75) is 20.8 Å². The lowest BCUT2D eigenvalue weighted by molar-refractivity contribution is 1.60. The molecule has 0 N–H and O–H groups in total. The molecule has 0 bridgehead atoms. The van der Waals surface area contributed by atoms with Crippen LogP contribution in [0.1, 0.15) is 20.8 Å². The Morgan fingerprint density at radius 2 is 2.00 bits per heavy atom. The summed E-state index contributed by atoms with van der Waals surface area (Å²) < 4.78 is 0. The Morgan fingerprint density at radius 1 is 1.38 bits per heavy atom. The van der Waals surface area contributed by atoms with Crippen LogP contribution in [0, 0.1) is 0 Å². The predicted octanol–water partition coefficient (Wildman–Crippen LogP) is 3.18. The van der Waals surface area contributed by atoms with Crippen molar-refractivity contribution in [3.63, 3.8) is 0 Å². The molecule has 46 valence electrons. The van der Waals surface area contributed by atoms with Crippen molar-refractivity contribution in [3.05, 3.63) is 22.5 Å². The topological polar surface area (TPSA) is 0 Å². The molecule has 0 unspecified atom stereocenters. The lowest BCUT2D eigenvalue weighted by Crippen LogP contribution is -1.57. The van der Waals surface area contributed by atoms with E-state index in [0.29, 0.717) is 0 Å². The minimum absolute atomic E-state index is 1.35. The van der Waals surface area contributed by atoms with Gasteiger partial charge < -0.3 is 0 Å². The fraction of sp³-hybridized carbons (Fsp3) is 0.429. The summed E-state index contributed by atoms with van der Waals surface area (Å²) in [6, 6.07) is 0. The van der Waals surface area contributed by atoms with E-state index in [-0.39, 0.29) is 0 Å². The molecule has 0 saturated carbocycles. The maximum absolute atomic E-state index is 2.10. The van der Waals surface area contributed by atoms with Gasteiger partial charge in [-0.05, 0) is 31.1 Å². The van der Waals surface area contributed by atoms with Crippen molar-refractivity contribution < 1.29 is 0 Å². The lowest BCUT2D eigenvalue weighted by atomic mass is 10.6. The van der Waals surface area contributed by atoms with Crippen LogP contribution in [0.4, 0.5) is 0 Å². The normalized spacial score (nSPS) is 13.1. The first-order valence-corrected chi connectivity index (χ1v) is 3.60. The van der Waals surface area contributed by atoms with Gasteiger partial charge in [0.1, 0.15) is 0 Å². The average Bonchev–Trinajstić information content (AvgIpc) is 1.83. The van der Waals surface area contributed by atoms with Gasteiger partial charge in [0.25, 0.3) is 0 Å². The molecule has 0 aliphatic rings. The molecule has 0 aliphatic heterocycles. The summed E-state index contributed by atoms with van der Waals surface area (Å²) in [5.74, 6) is 0. The predicted molar refractivity (Wildman–Crippen MR) is 41.8 cm³/mol. The van der Waals surface area contributed by atoms with Gasteiger partial charge in [0.05, 0.1) is 0 Å². The summed E-state index contributed by atoms with van der Waals surface area (Å²) in [4.78, 5) is 1.35. The summed E-state index contributed by atoms with van der Waals surface area (Å²) in [5, 5.41) is 2.08. The summed E-state index contributed by atoms with van der Waals surface area (Å²) in [6.07, 6.45) is 4.14. The second-order valence-corrected chi connectivity index (χ2v) is 2.64. The summed E-state index contributed by atoms with van der Waals surface area (Å²) in [5.41, 5.74) is 0. The highest BCUT2D eigenvalue weighted by molar-refractivity contribution is 8.05. The summed E-state index contributed by atoms with van der Waals surface area (Å²) >= 11 is 1.76. The molecule has 0 saturated heterocycles. The van der Waals surface area contributed by atoms with Crippen LogP contribution >= 0.6 is 11.8 Å². The molecule has 0 nitrogen and oxygen atoms in total. The molecule has 1 heteroatoms. The van der Waals surface area contributed by atoms with Gasteiger partial charge in [-0.1, -0.05) is 12.2 Å². The third kappa shape index (κ3) is 4.00. The fourth-order valence-corrected chi connectivity index (χ4v) is 0.730. The Kier molecular flexibility index (Phi) is 4.87. The molecule has 0 heterocycles. The molecule has 0 spiro atoms. The number of hydrogen-bond donors (Lipinski definition) is 0. The number of rotatable bonds is 2. The summed E-state index contributed by atoms with van der Waals surface area (Å²) in [6.45, 7) is 6.17. The molecular weight excluding hydrogens is 116 g/mol. The molecule has 0 aliphatic carbocycles. The van der Waals surface area contributed by atoms with E-state index < -0.39 is 0 Å². The molecule has 8 heavy (non-hydrogen) atoms. The monoisotopic (exact) mass is 128 g/mol. The zero-order valence-electron chi connectivity index (χ0n) is 5.64. The van der Waals surface area contributed by atoms with Crippen molar-refractivity contribution in [2.24, 2.45) is 0 Å². The molecule has 0 amide bonds. The lowest BCUT2D eigenvalue weighted by Gasteiger charge is -1.88. The van der Waals surface area contributed by atoms with E-state index in [1.54, 1.807) is 11.8 Å². The van der Waals surface area contributed by atoms with Crippen LogP contribution in [-0.4, -0.2) is 0 Å². The first-order valence-electron chi connectivity index (χ1n) is 2.72. The first kappa shape index (κ1) is 7.83. The van der Waals surface area contributed by atoms with Crippen LogP contribution in [0.15, 0.2) is 22.5 Å². The van der Waals surface area contributed by atoms with E-state index in [1.165, 1.54) is 4.91 Å². The Balaban J connectivity index is 3.40. The minimum atomic E-state index is 1.35. The van der Waals surface area contributed by atoms with Crippen LogP contribution < -0.4 is 0 Å². The SMILES string of the molecule is C/C=C\S/C(C)=C/C. The van der Waals surface area contributed by atoms with Crippen LogP contribution in [0.5, 0.6) is 0 Å². The van der Waals surface area contributed by atoms with Crippen LogP contribution in [0.2, 0.25) is 0 Å². The first-order chi connectivity index (χ1) is 3.81. The average molecular weight is 128 g/mol. The molecule has 0 rings (SSSR count). The maximum Gasteiger partial charge on any atom is -0.0182 e. The van der Waals surface area contributed by atoms with Gasteiger partial charge >= 0.3 is 0 Å². The van der Waals surface area contributed by atoms with E-state index in [0.717, 1.165) is 0 Å². The Labute approximate surface area is 55.7 Å². The largest absolute Gasteiger partial charge is 0.104 e. The third-order valence-corrected chi connectivity index (χ3v) is 1.81. The van der Waals surface area contributed by atoms with E-state index in [9.17, 15) is 0 Å². The highest BCUT2D eigenvalue weighted by Crippen LogP contribution is 2.14. The Bertz CT molecular complexity index is 101. The van der Waals surface area contributed by atoms with E-state index in [4.69, 9.17) is 0 Å². The maximum atomic E-state index is 2.10. The number of hydrogen-bond acceptors (Lipinski definition) is 1. The van der Waals surface area contributed by atoms with Gasteiger partial charge in [0.2, 0.25) is 0 Å². The standard InChI is InChI=1S/C7H12S/c1-4-6-8-7(3)5-2/h4-6H,1-3H3/b6-4-,7-5+. The molecule has 0 aromatic carbocycles. The smallest absolute Gasteiger partial charge is 0.0182 e. The van der Waals surface area contributed by atoms with E-state index in [1.807, 2.05) is 19.9 Å². The van der Waals surface area contributed by atoms with Gasteiger partial charge in [0, 0.05) is 0 Å². The number of allylic oxidation sites excluding steroid dienone is 3. The summed E-state index contributed by atoms with van der Waals surface area (Å²) in [7, 11) is 0.